The summed E-state index contributed by atoms with van der Waals surface area (Å²) in [4.78, 5) is 4.40. The van der Waals surface area contributed by atoms with E-state index in [4.69, 9.17) is 4.74 Å². The lowest BCUT2D eigenvalue weighted by Gasteiger charge is -2.08. The van der Waals surface area contributed by atoms with Crippen LogP contribution in [0.25, 0.3) is 0 Å². The van der Waals surface area contributed by atoms with Gasteiger partial charge >= 0.3 is 0 Å². The van der Waals surface area contributed by atoms with E-state index in [1.165, 1.54) is 5.56 Å². The Bertz CT molecular complexity index is 288. The van der Waals surface area contributed by atoms with E-state index in [-0.39, 0.29) is 0 Å². The lowest BCUT2D eigenvalue weighted by molar-refractivity contribution is 0.218. The minimum absolute atomic E-state index is 0.510. The van der Waals surface area contributed by atoms with Crippen molar-refractivity contribution in [1.82, 2.24) is 10.3 Å². The molecule has 0 unspecified atom stereocenters. The van der Waals surface area contributed by atoms with Gasteiger partial charge < -0.3 is 10.1 Å². The third-order valence-corrected chi connectivity index (χ3v) is 2.96. The highest BCUT2D eigenvalue weighted by atomic mass is 32.2. The second-order valence-corrected chi connectivity index (χ2v) is 5.00. The molecule has 0 aliphatic carbocycles. The van der Waals surface area contributed by atoms with Crippen molar-refractivity contribution in [2.24, 2.45) is 0 Å². The summed E-state index contributed by atoms with van der Waals surface area (Å²) in [6.07, 6.45) is 1.94. The van der Waals surface area contributed by atoms with E-state index in [1.807, 2.05) is 6.20 Å². The van der Waals surface area contributed by atoms with Crippen LogP contribution in [0.2, 0.25) is 0 Å². The quantitative estimate of drug-likeness (QED) is 0.586. The topological polar surface area (TPSA) is 34.1 Å². The monoisotopic (exact) mass is 240 g/mol. The highest BCUT2D eigenvalue weighted by Crippen LogP contribution is 2.14. The molecule has 0 amide bonds. The van der Waals surface area contributed by atoms with Crippen molar-refractivity contribution in [3.05, 3.63) is 23.9 Å². The van der Waals surface area contributed by atoms with Crippen LogP contribution in [0.15, 0.2) is 23.4 Å². The van der Waals surface area contributed by atoms with Gasteiger partial charge in [0.1, 0.15) is 0 Å². The fraction of sp³-hybridized carbons (Fsp3) is 0.583. The van der Waals surface area contributed by atoms with Crippen molar-refractivity contribution >= 4 is 11.8 Å². The summed E-state index contributed by atoms with van der Waals surface area (Å²) in [5.74, 6) is 0.951. The predicted molar refractivity (Wildman–Crippen MR) is 68.8 cm³/mol. The second kappa shape index (κ2) is 7.65. The number of methoxy groups -OCH3 is 1. The summed E-state index contributed by atoms with van der Waals surface area (Å²) in [7, 11) is 1.72. The maximum absolute atomic E-state index is 4.99. The number of pyridine rings is 1. The molecule has 1 N–H and O–H groups in total. The summed E-state index contributed by atoms with van der Waals surface area (Å²) >= 11 is 1.72. The van der Waals surface area contributed by atoms with Crippen molar-refractivity contribution in [2.75, 3.05) is 19.5 Å². The molecule has 0 aliphatic heterocycles. The summed E-state index contributed by atoms with van der Waals surface area (Å²) in [5.41, 5.74) is 1.23. The molecule has 0 aliphatic rings. The van der Waals surface area contributed by atoms with Crippen LogP contribution in [-0.4, -0.2) is 30.5 Å². The van der Waals surface area contributed by atoms with Gasteiger partial charge in [-0.2, -0.15) is 0 Å². The zero-order valence-electron chi connectivity index (χ0n) is 10.2. The Balaban J connectivity index is 2.35. The van der Waals surface area contributed by atoms with E-state index in [9.17, 15) is 0 Å². The largest absolute Gasteiger partial charge is 0.384 e. The van der Waals surface area contributed by atoms with Gasteiger partial charge in [-0.05, 0) is 11.6 Å². The molecular formula is C12H20N2OS. The van der Waals surface area contributed by atoms with Crippen LogP contribution >= 0.6 is 11.8 Å². The van der Waals surface area contributed by atoms with Gasteiger partial charge in [0.25, 0.3) is 0 Å². The van der Waals surface area contributed by atoms with Crippen molar-refractivity contribution in [3.8, 4) is 0 Å². The molecule has 90 valence electrons. The molecule has 4 heteroatoms. The van der Waals surface area contributed by atoms with Gasteiger partial charge in [0.2, 0.25) is 0 Å². The maximum atomic E-state index is 4.99. The van der Waals surface area contributed by atoms with Crippen molar-refractivity contribution in [3.63, 3.8) is 0 Å². The predicted octanol–water partition coefficient (Wildman–Crippen LogP) is 2.32. The first-order valence-corrected chi connectivity index (χ1v) is 6.51. The fourth-order valence-corrected chi connectivity index (χ4v) is 1.90. The Labute approximate surface area is 102 Å². The van der Waals surface area contributed by atoms with Gasteiger partial charge in [0.15, 0.2) is 0 Å². The van der Waals surface area contributed by atoms with Gasteiger partial charge in [0, 0.05) is 31.6 Å². The molecule has 0 aromatic carbocycles. The van der Waals surface area contributed by atoms with Crippen molar-refractivity contribution < 1.29 is 4.74 Å². The average molecular weight is 240 g/mol. The first kappa shape index (κ1) is 13.5. The highest BCUT2D eigenvalue weighted by molar-refractivity contribution is 7.99. The van der Waals surface area contributed by atoms with E-state index < -0.39 is 0 Å². The lowest BCUT2D eigenvalue weighted by atomic mass is 10.2. The molecular weight excluding hydrogens is 220 g/mol. The molecule has 1 rings (SSSR count). The molecule has 16 heavy (non-hydrogen) atoms. The molecule has 0 bridgehead atoms. The molecule has 0 fully saturated rings. The third-order valence-electron chi connectivity index (χ3n) is 2.05. The van der Waals surface area contributed by atoms with Gasteiger partial charge in [-0.15, -0.1) is 11.8 Å². The van der Waals surface area contributed by atoms with Crippen LogP contribution < -0.4 is 5.32 Å². The standard InChI is InChI=1S/C12H20N2OS/c1-10(2)13-8-11-4-5-12(14-9-11)16-7-6-15-3/h4-5,9-10,13H,6-8H2,1-3H3. The Morgan fingerprint density at radius 1 is 1.44 bits per heavy atom. The van der Waals surface area contributed by atoms with Crippen molar-refractivity contribution in [1.29, 1.82) is 0 Å². The Kier molecular flexibility index (Phi) is 6.45. The number of nitrogens with one attached hydrogen (secondary N) is 1. The fourth-order valence-electron chi connectivity index (χ4n) is 1.15. The van der Waals surface area contributed by atoms with E-state index in [1.54, 1.807) is 18.9 Å². The molecule has 0 saturated heterocycles. The first-order chi connectivity index (χ1) is 7.72. The number of hydrogen-bond donors (Lipinski definition) is 1. The number of hydrogen-bond acceptors (Lipinski definition) is 4. The summed E-state index contributed by atoms with van der Waals surface area (Å²) in [6.45, 7) is 5.93. The molecule has 1 aromatic heterocycles. The second-order valence-electron chi connectivity index (χ2n) is 3.88. The Morgan fingerprint density at radius 3 is 2.81 bits per heavy atom. The normalized spacial score (nSPS) is 11.0. The van der Waals surface area contributed by atoms with Gasteiger partial charge in [0.05, 0.1) is 11.6 Å². The van der Waals surface area contributed by atoms with Crippen molar-refractivity contribution in [2.45, 2.75) is 31.5 Å². The Morgan fingerprint density at radius 2 is 2.25 bits per heavy atom. The van der Waals surface area contributed by atoms with Gasteiger partial charge in [-0.1, -0.05) is 19.9 Å². The lowest BCUT2D eigenvalue weighted by Crippen LogP contribution is -2.21. The van der Waals surface area contributed by atoms with Crippen LogP contribution in [0.4, 0.5) is 0 Å². The third kappa shape index (κ3) is 5.49. The van der Waals surface area contributed by atoms with Crippen LogP contribution in [0.1, 0.15) is 19.4 Å². The maximum Gasteiger partial charge on any atom is 0.0960 e. The molecule has 3 nitrogen and oxygen atoms in total. The molecule has 0 atom stereocenters. The first-order valence-electron chi connectivity index (χ1n) is 5.52. The zero-order valence-corrected chi connectivity index (χ0v) is 11.0. The number of ether oxygens (including phenoxy) is 1. The van der Waals surface area contributed by atoms with E-state index in [0.29, 0.717) is 6.04 Å². The number of aromatic nitrogens is 1. The zero-order chi connectivity index (χ0) is 11.8. The van der Waals surface area contributed by atoms with E-state index >= 15 is 0 Å². The van der Waals surface area contributed by atoms with Crippen LogP contribution in [-0.2, 0) is 11.3 Å². The molecule has 0 spiro atoms. The molecule has 0 saturated carbocycles. The molecule has 0 radical (unpaired) electrons. The molecule has 1 aromatic rings. The minimum Gasteiger partial charge on any atom is -0.384 e. The highest BCUT2D eigenvalue weighted by Gasteiger charge is 1.98. The van der Waals surface area contributed by atoms with Crippen LogP contribution in [0.3, 0.4) is 0 Å². The summed E-state index contributed by atoms with van der Waals surface area (Å²) in [5, 5.41) is 4.43. The number of thioether (sulfide) groups is 1. The summed E-state index contributed by atoms with van der Waals surface area (Å²) < 4.78 is 4.99. The summed E-state index contributed by atoms with van der Waals surface area (Å²) in [6, 6.07) is 4.70. The van der Waals surface area contributed by atoms with Crippen LogP contribution in [0, 0.1) is 0 Å². The van der Waals surface area contributed by atoms with E-state index in [2.05, 4.69) is 36.3 Å². The minimum atomic E-state index is 0.510. The SMILES string of the molecule is COCCSc1ccc(CNC(C)C)cn1. The van der Waals surface area contributed by atoms with Gasteiger partial charge in [-0.25, -0.2) is 4.98 Å². The van der Waals surface area contributed by atoms with Gasteiger partial charge in [-0.3, -0.25) is 0 Å². The molecule has 1 heterocycles. The Hall–Kier alpha value is -0.580. The van der Waals surface area contributed by atoms with Crippen LogP contribution in [0.5, 0.6) is 0 Å². The average Bonchev–Trinajstić information content (AvgIpc) is 2.28. The number of nitrogens with zero attached hydrogens (tertiary/aromatic N) is 1. The smallest absolute Gasteiger partial charge is 0.0960 e. The van der Waals surface area contributed by atoms with E-state index in [0.717, 1.165) is 23.9 Å². The number of rotatable bonds is 7.